The lowest BCUT2D eigenvalue weighted by atomic mass is 10.2. The summed E-state index contributed by atoms with van der Waals surface area (Å²) >= 11 is 1.55. The van der Waals surface area contributed by atoms with Gasteiger partial charge in [-0.3, -0.25) is 0 Å². The van der Waals surface area contributed by atoms with Gasteiger partial charge in [0.05, 0.1) is 19.1 Å². The predicted molar refractivity (Wildman–Crippen MR) is 88.5 cm³/mol. The lowest BCUT2D eigenvalue weighted by molar-refractivity contribution is 0.0460. The zero-order valence-electron chi connectivity index (χ0n) is 13.1. The Morgan fingerprint density at radius 3 is 2.79 bits per heavy atom. The van der Waals surface area contributed by atoms with Crippen LogP contribution in [0.5, 0.6) is 11.5 Å². The van der Waals surface area contributed by atoms with Crippen molar-refractivity contribution < 1.29 is 23.5 Å². The van der Waals surface area contributed by atoms with E-state index in [1.165, 1.54) is 7.11 Å². The van der Waals surface area contributed by atoms with E-state index >= 15 is 0 Å². The summed E-state index contributed by atoms with van der Waals surface area (Å²) in [5.74, 6) is 1.13. The van der Waals surface area contributed by atoms with Crippen molar-refractivity contribution in [2.24, 2.45) is 0 Å². The zero-order chi connectivity index (χ0) is 16.9. The molecule has 7 heteroatoms. The minimum Gasteiger partial charge on any atom is -0.497 e. The maximum Gasteiger partial charge on any atom is 0.342 e. The Kier molecular flexibility index (Phi) is 4.81. The predicted octanol–water partition coefficient (Wildman–Crippen LogP) is 3.78. The third kappa shape index (κ3) is 3.41. The molecule has 0 aliphatic rings. The summed E-state index contributed by atoms with van der Waals surface area (Å²) in [6.45, 7) is 0.0168. The van der Waals surface area contributed by atoms with Crippen LogP contribution in [0.4, 0.5) is 0 Å². The first-order chi connectivity index (χ1) is 11.7. The fourth-order valence-corrected chi connectivity index (χ4v) is 2.77. The minimum absolute atomic E-state index is 0.0168. The Labute approximate surface area is 142 Å². The molecular formula is C17H15NO5S. The molecule has 2 aromatic heterocycles. The Bertz CT molecular complexity index is 825. The summed E-state index contributed by atoms with van der Waals surface area (Å²) in [5, 5.41) is 5.86. The van der Waals surface area contributed by atoms with Crippen LogP contribution in [-0.2, 0) is 11.3 Å². The van der Waals surface area contributed by atoms with Gasteiger partial charge in [-0.1, -0.05) is 11.2 Å². The molecule has 0 atom stereocenters. The topological polar surface area (TPSA) is 70.8 Å². The molecule has 0 radical (unpaired) electrons. The van der Waals surface area contributed by atoms with E-state index in [1.54, 1.807) is 42.7 Å². The van der Waals surface area contributed by atoms with E-state index in [0.29, 0.717) is 28.5 Å². The summed E-state index contributed by atoms with van der Waals surface area (Å²) in [5.41, 5.74) is 0.861. The normalized spacial score (nSPS) is 10.4. The van der Waals surface area contributed by atoms with Gasteiger partial charge in [0.1, 0.15) is 29.4 Å². The molecule has 0 saturated heterocycles. The van der Waals surface area contributed by atoms with Gasteiger partial charge < -0.3 is 18.7 Å². The second kappa shape index (κ2) is 7.18. The molecule has 24 heavy (non-hydrogen) atoms. The van der Waals surface area contributed by atoms with Crippen LogP contribution < -0.4 is 9.47 Å². The Morgan fingerprint density at radius 2 is 2.08 bits per heavy atom. The van der Waals surface area contributed by atoms with Crippen molar-refractivity contribution in [3.8, 4) is 22.1 Å². The highest BCUT2D eigenvalue weighted by Crippen LogP contribution is 2.27. The quantitative estimate of drug-likeness (QED) is 0.633. The first-order valence-corrected chi connectivity index (χ1v) is 7.98. The van der Waals surface area contributed by atoms with E-state index < -0.39 is 5.97 Å². The van der Waals surface area contributed by atoms with Crippen molar-refractivity contribution in [2.45, 2.75) is 6.61 Å². The number of thiophene rings is 1. The van der Waals surface area contributed by atoms with Crippen LogP contribution in [0.15, 0.2) is 46.3 Å². The maximum atomic E-state index is 12.2. The summed E-state index contributed by atoms with van der Waals surface area (Å²) < 4.78 is 20.8. The molecule has 1 aromatic carbocycles. The number of hydrogen-bond donors (Lipinski definition) is 0. The third-order valence-electron chi connectivity index (χ3n) is 3.30. The molecular weight excluding hydrogens is 330 g/mol. The highest BCUT2D eigenvalue weighted by molar-refractivity contribution is 7.13. The molecule has 0 aliphatic heterocycles. The molecule has 0 spiro atoms. The second-order valence-corrected chi connectivity index (χ2v) is 5.75. The Balaban J connectivity index is 1.67. The van der Waals surface area contributed by atoms with Gasteiger partial charge in [0.25, 0.3) is 0 Å². The van der Waals surface area contributed by atoms with E-state index in [2.05, 4.69) is 5.16 Å². The summed E-state index contributed by atoms with van der Waals surface area (Å²) in [6.07, 6.45) is 0. The lowest BCUT2D eigenvalue weighted by Gasteiger charge is -2.09. The number of rotatable bonds is 6. The van der Waals surface area contributed by atoms with Crippen LogP contribution in [-0.4, -0.2) is 25.3 Å². The van der Waals surface area contributed by atoms with Crippen molar-refractivity contribution in [3.63, 3.8) is 0 Å². The van der Waals surface area contributed by atoms with Crippen molar-refractivity contribution >= 4 is 17.3 Å². The van der Waals surface area contributed by atoms with Gasteiger partial charge in [-0.15, -0.1) is 11.3 Å². The van der Waals surface area contributed by atoms with Crippen molar-refractivity contribution in [3.05, 3.63) is 53.0 Å². The van der Waals surface area contributed by atoms with Crippen LogP contribution in [0, 0.1) is 0 Å². The van der Waals surface area contributed by atoms with E-state index in [1.807, 2.05) is 17.5 Å². The summed E-state index contributed by atoms with van der Waals surface area (Å²) in [4.78, 5) is 13.2. The van der Waals surface area contributed by atoms with E-state index in [9.17, 15) is 4.79 Å². The average molecular weight is 345 g/mol. The number of benzene rings is 1. The highest BCUT2D eigenvalue weighted by atomic mass is 32.1. The molecule has 0 aliphatic carbocycles. The van der Waals surface area contributed by atoms with Crippen molar-refractivity contribution in [2.75, 3.05) is 14.2 Å². The highest BCUT2D eigenvalue weighted by Gasteiger charge is 2.16. The molecule has 3 rings (SSSR count). The molecule has 0 amide bonds. The number of methoxy groups -OCH3 is 2. The van der Waals surface area contributed by atoms with Crippen molar-refractivity contribution in [1.82, 2.24) is 5.16 Å². The lowest BCUT2D eigenvalue weighted by Crippen LogP contribution is -2.07. The molecule has 0 fully saturated rings. The number of hydrogen-bond acceptors (Lipinski definition) is 7. The zero-order valence-corrected chi connectivity index (χ0v) is 14.0. The molecule has 3 aromatic rings. The van der Waals surface area contributed by atoms with Crippen LogP contribution in [0.25, 0.3) is 10.6 Å². The van der Waals surface area contributed by atoms with Gasteiger partial charge in [-0.2, -0.15) is 0 Å². The first kappa shape index (κ1) is 16.1. The van der Waals surface area contributed by atoms with Gasteiger partial charge in [0.15, 0.2) is 5.76 Å². The molecule has 6 nitrogen and oxygen atoms in total. The maximum absolute atomic E-state index is 12.2. The van der Waals surface area contributed by atoms with Gasteiger partial charge in [0, 0.05) is 12.1 Å². The Morgan fingerprint density at radius 1 is 1.21 bits per heavy atom. The number of carbonyl (C=O) groups is 1. The van der Waals surface area contributed by atoms with Crippen molar-refractivity contribution in [1.29, 1.82) is 0 Å². The van der Waals surface area contributed by atoms with Gasteiger partial charge in [-0.05, 0) is 23.6 Å². The van der Waals surface area contributed by atoms with E-state index in [4.69, 9.17) is 18.7 Å². The molecule has 0 bridgehead atoms. The molecule has 124 valence electrons. The van der Waals surface area contributed by atoms with Gasteiger partial charge in [0.2, 0.25) is 0 Å². The Hall–Kier alpha value is -2.80. The third-order valence-corrected chi connectivity index (χ3v) is 4.19. The molecule has 2 heterocycles. The fourth-order valence-electron chi connectivity index (χ4n) is 2.10. The van der Waals surface area contributed by atoms with E-state index in [0.717, 1.165) is 4.88 Å². The minimum atomic E-state index is -0.504. The molecule has 0 saturated carbocycles. The average Bonchev–Trinajstić information content (AvgIpc) is 3.30. The number of esters is 1. The summed E-state index contributed by atoms with van der Waals surface area (Å²) in [7, 11) is 3.03. The van der Waals surface area contributed by atoms with Crippen LogP contribution in [0.3, 0.4) is 0 Å². The van der Waals surface area contributed by atoms with Crippen LogP contribution >= 0.6 is 11.3 Å². The largest absolute Gasteiger partial charge is 0.497 e. The standard InChI is InChI=1S/C17H15NO5S/c1-20-12-5-6-13(14(9-12)21-2)17(19)22-10-11-8-15(23-18-11)16-4-3-7-24-16/h3-9H,10H2,1-2H3. The number of carbonyl (C=O) groups excluding carboxylic acids is 1. The number of ether oxygens (including phenoxy) is 3. The van der Waals surface area contributed by atoms with Gasteiger partial charge >= 0.3 is 5.97 Å². The summed E-state index contributed by atoms with van der Waals surface area (Å²) in [6, 6.07) is 10.5. The van der Waals surface area contributed by atoms with Crippen LogP contribution in [0.2, 0.25) is 0 Å². The fraction of sp³-hybridized carbons (Fsp3) is 0.176. The molecule has 0 unspecified atom stereocenters. The monoisotopic (exact) mass is 345 g/mol. The SMILES string of the molecule is COc1ccc(C(=O)OCc2cc(-c3cccs3)on2)c(OC)c1. The van der Waals surface area contributed by atoms with Gasteiger partial charge in [-0.25, -0.2) is 4.79 Å². The first-order valence-electron chi connectivity index (χ1n) is 7.10. The smallest absolute Gasteiger partial charge is 0.342 e. The number of nitrogens with zero attached hydrogens (tertiary/aromatic N) is 1. The van der Waals surface area contributed by atoms with Crippen LogP contribution in [0.1, 0.15) is 16.1 Å². The van der Waals surface area contributed by atoms with E-state index in [-0.39, 0.29) is 6.61 Å². The number of aromatic nitrogens is 1. The second-order valence-electron chi connectivity index (χ2n) is 4.80. The molecule has 0 N–H and O–H groups in total.